The molecule has 4 fully saturated rings. The average molecular weight is 393 g/mol. The number of nitro benzene ring substituents is 1. The number of nitro groups is 1. The molecule has 0 unspecified atom stereocenters. The number of hydrogen-bond donors (Lipinski definition) is 2. The highest BCUT2D eigenvalue weighted by molar-refractivity contribution is 6.34. The maximum Gasteiger partial charge on any atom is 0.326 e. The summed E-state index contributed by atoms with van der Waals surface area (Å²) in [5.74, 6) is -0.108. The molecule has 4 saturated carbocycles. The molecule has 4 aliphatic carbocycles. The topological polar surface area (TPSA) is 110 Å². The van der Waals surface area contributed by atoms with Gasteiger partial charge in [-0.05, 0) is 62.3 Å². The van der Waals surface area contributed by atoms with Gasteiger partial charge >= 0.3 is 5.97 Å². The predicted octanol–water partition coefficient (Wildman–Crippen LogP) is 3.65. The summed E-state index contributed by atoms with van der Waals surface area (Å²) in [6, 6.07) is 2.59. The van der Waals surface area contributed by atoms with Crippen LogP contribution in [-0.2, 0) is 4.79 Å². The Morgan fingerprint density at radius 3 is 2.22 bits per heavy atom. The zero-order valence-corrected chi connectivity index (χ0v) is 15.4. The van der Waals surface area contributed by atoms with Crippen molar-refractivity contribution in [3.63, 3.8) is 0 Å². The molecule has 0 aromatic heterocycles. The van der Waals surface area contributed by atoms with Gasteiger partial charge in [0.25, 0.3) is 11.6 Å². The number of nitrogens with one attached hydrogen (secondary N) is 1. The normalized spacial score (nSPS) is 32.1. The maximum absolute atomic E-state index is 12.8. The highest BCUT2D eigenvalue weighted by Crippen LogP contribution is 2.61. The minimum atomic E-state index is -1.05. The Balaban J connectivity index is 1.61. The van der Waals surface area contributed by atoms with Crippen LogP contribution in [0.1, 0.15) is 48.9 Å². The van der Waals surface area contributed by atoms with E-state index in [9.17, 15) is 24.8 Å². The van der Waals surface area contributed by atoms with Crippen molar-refractivity contribution in [2.75, 3.05) is 0 Å². The number of carboxylic acid groups (broad SMARTS) is 1. The number of rotatable bonds is 5. The molecule has 5 rings (SSSR count). The molecular formula is C19H21ClN2O5. The second-order valence-electron chi connectivity index (χ2n) is 8.45. The van der Waals surface area contributed by atoms with Gasteiger partial charge in [0.05, 0.1) is 15.5 Å². The molecule has 144 valence electrons. The fourth-order valence-electron chi connectivity index (χ4n) is 6.02. The highest BCUT2D eigenvalue weighted by Gasteiger charge is 2.56. The number of hydrogen-bond acceptors (Lipinski definition) is 4. The molecule has 1 aromatic carbocycles. The van der Waals surface area contributed by atoms with Gasteiger partial charge in [0.15, 0.2) is 0 Å². The van der Waals surface area contributed by atoms with Crippen LogP contribution >= 0.6 is 11.6 Å². The van der Waals surface area contributed by atoms with Gasteiger partial charge in [-0.3, -0.25) is 14.9 Å². The van der Waals surface area contributed by atoms with Gasteiger partial charge < -0.3 is 10.4 Å². The van der Waals surface area contributed by atoms with Gasteiger partial charge in [0.1, 0.15) is 6.04 Å². The third kappa shape index (κ3) is 3.18. The summed E-state index contributed by atoms with van der Waals surface area (Å²) in [4.78, 5) is 35.2. The minimum absolute atomic E-state index is 0.0627. The number of nitrogens with zero attached hydrogens (tertiary/aromatic N) is 1. The molecule has 0 radical (unpaired) electrons. The number of non-ortho nitro benzene ring substituents is 1. The molecule has 1 amide bonds. The number of benzene rings is 1. The van der Waals surface area contributed by atoms with Crippen LogP contribution in [0.3, 0.4) is 0 Å². The Kier molecular flexibility index (Phi) is 4.37. The van der Waals surface area contributed by atoms with Crippen molar-refractivity contribution < 1.29 is 19.6 Å². The van der Waals surface area contributed by atoms with Gasteiger partial charge in [0.2, 0.25) is 0 Å². The van der Waals surface area contributed by atoms with Crippen LogP contribution in [0.5, 0.6) is 0 Å². The third-order valence-electron chi connectivity index (χ3n) is 6.63. The zero-order chi connectivity index (χ0) is 19.3. The van der Waals surface area contributed by atoms with E-state index in [1.54, 1.807) is 0 Å². The predicted molar refractivity (Wildman–Crippen MR) is 97.6 cm³/mol. The van der Waals surface area contributed by atoms with Crippen molar-refractivity contribution in [2.24, 2.45) is 23.2 Å². The van der Waals surface area contributed by atoms with Crippen LogP contribution in [0.15, 0.2) is 18.2 Å². The van der Waals surface area contributed by atoms with Gasteiger partial charge in [-0.2, -0.15) is 0 Å². The lowest BCUT2D eigenvalue weighted by molar-refractivity contribution is -0.384. The summed E-state index contributed by atoms with van der Waals surface area (Å²) in [6.45, 7) is 0. The first-order valence-electron chi connectivity index (χ1n) is 9.25. The summed E-state index contributed by atoms with van der Waals surface area (Å²) in [5.41, 5.74) is -0.753. The monoisotopic (exact) mass is 392 g/mol. The van der Waals surface area contributed by atoms with Crippen molar-refractivity contribution in [3.8, 4) is 0 Å². The van der Waals surface area contributed by atoms with Crippen LogP contribution in [0.4, 0.5) is 5.69 Å². The smallest absolute Gasteiger partial charge is 0.326 e. The summed E-state index contributed by atoms with van der Waals surface area (Å²) in [6.07, 6.45) is 5.94. The quantitative estimate of drug-likeness (QED) is 0.587. The SMILES string of the molecule is O=C(N[C@@H](C(=O)O)C12CC3CC(CC(C3)C1)C2)c1cc([N+](=O)[O-])ccc1Cl. The molecule has 0 heterocycles. The van der Waals surface area contributed by atoms with Gasteiger partial charge in [-0.15, -0.1) is 0 Å². The van der Waals surface area contributed by atoms with E-state index < -0.39 is 28.3 Å². The van der Waals surface area contributed by atoms with E-state index in [0.29, 0.717) is 17.8 Å². The number of carbonyl (C=O) groups excluding carboxylic acids is 1. The molecule has 7 nitrogen and oxygen atoms in total. The van der Waals surface area contributed by atoms with Gasteiger partial charge in [-0.1, -0.05) is 11.6 Å². The molecule has 0 saturated heterocycles. The lowest BCUT2D eigenvalue weighted by Gasteiger charge is -2.58. The molecule has 1 atom stereocenters. The largest absolute Gasteiger partial charge is 0.480 e. The van der Waals surface area contributed by atoms with E-state index in [1.165, 1.54) is 12.1 Å². The van der Waals surface area contributed by atoms with Gasteiger partial charge in [0, 0.05) is 17.5 Å². The molecule has 0 spiro atoms. The van der Waals surface area contributed by atoms with Crippen molar-refractivity contribution in [1.82, 2.24) is 5.32 Å². The number of carboxylic acids is 1. The van der Waals surface area contributed by atoms with Crippen molar-refractivity contribution in [1.29, 1.82) is 0 Å². The van der Waals surface area contributed by atoms with Crippen LogP contribution in [0.25, 0.3) is 0 Å². The molecule has 2 N–H and O–H groups in total. The molecule has 27 heavy (non-hydrogen) atoms. The van der Waals surface area contributed by atoms with Crippen LogP contribution in [0.2, 0.25) is 5.02 Å². The van der Waals surface area contributed by atoms with E-state index >= 15 is 0 Å². The summed E-state index contributed by atoms with van der Waals surface area (Å²) in [5, 5.41) is 23.6. The molecule has 0 aliphatic heterocycles. The Morgan fingerprint density at radius 1 is 1.19 bits per heavy atom. The summed E-state index contributed by atoms with van der Waals surface area (Å²) in [7, 11) is 0. The fourth-order valence-corrected chi connectivity index (χ4v) is 6.22. The summed E-state index contributed by atoms with van der Waals surface area (Å²) < 4.78 is 0. The first kappa shape index (κ1) is 18.2. The van der Waals surface area contributed by atoms with Crippen LogP contribution in [-0.4, -0.2) is 27.9 Å². The molecule has 8 heteroatoms. The third-order valence-corrected chi connectivity index (χ3v) is 6.96. The van der Waals surface area contributed by atoms with E-state index in [1.807, 2.05) is 0 Å². The van der Waals surface area contributed by atoms with E-state index in [2.05, 4.69) is 5.32 Å². The van der Waals surface area contributed by atoms with E-state index in [4.69, 9.17) is 11.6 Å². The molecule has 1 aromatic rings. The number of amides is 1. The second kappa shape index (κ2) is 6.48. The maximum atomic E-state index is 12.8. The van der Waals surface area contributed by atoms with E-state index in [0.717, 1.165) is 44.6 Å². The zero-order valence-electron chi connectivity index (χ0n) is 14.7. The number of halogens is 1. The van der Waals surface area contributed by atoms with Crippen molar-refractivity contribution >= 4 is 29.2 Å². The summed E-state index contributed by atoms with van der Waals surface area (Å²) >= 11 is 6.05. The Labute approximate surface area is 161 Å². The number of aliphatic carboxylic acids is 1. The van der Waals surface area contributed by atoms with Crippen LogP contribution in [0, 0.1) is 33.3 Å². The van der Waals surface area contributed by atoms with Crippen LogP contribution < -0.4 is 5.32 Å². The fraction of sp³-hybridized carbons (Fsp3) is 0.579. The standard InChI is InChI=1S/C19H21ClN2O5/c20-15-2-1-13(22(26)27)6-14(15)17(23)21-16(18(24)25)19-7-10-3-11(8-19)5-12(4-10)9-19/h1-2,6,10-12,16H,3-5,7-9H2,(H,21,23)(H,24,25)/t10?,11?,12?,16-,19?/m0/s1. The first-order valence-corrected chi connectivity index (χ1v) is 9.63. The lowest BCUT2D eigenvalue weighted by Crippen LogP contribution is -2.59. The number of carbonyl (C=O) groups is 2. The van der Waals surface area contributed by atoms with Gasteiger partial charge in [-0.25, -0.2) is 4.79 Å². The minimum Gasteiger partial charge on any atom is -0.480 e. The second-order valence-corrected chi connectivity index (χ2v) is 8.85. The van der Waals surface area contributed by atoms with Crippen molar-refractivity contribution in [3.05, 3.63) is 38.9 Å². The average Bonchev–Trinajstić information content (AvgIpc) is 2.58. The van der Waals surface area contributed by atoms with E-state index in [-0.39, 0.29) is 16.3 Å². The van der Waals surface area contributed by atoms with Crippen molar-refractivity contribution in [2.45, 2.75) is 44.6 Å². The Bertz CT molecular complexity index is 789. The molecule has 4 aliphatic rings. The first-order chi connectivity index (χ1) is 12.8. The Morgan fingerprint density at radius 2 is 1.74 bits per heavy atom. The molecular weight excluding hydrogens is 372 g/mol. The highest BCUT2D eigenvalue weighted by atomic mass is 35.5. The Hall–Kier alpha value is -2.15. The molecule has 4 bridgehead atoms. The lowest BCUT2D eigenvalue weighted by atomic mass is 9.47.